The molecule has 1 unspecified atom stereocenters. The number of carbonyl (C=O) groups excluding carboxylic acids is 1. The van der Waals surface area contributed by atoms with E-state index in [1.54, 1.807) is 31.3 Å². The number of aryl methyl sites for hydroxylation is 1. The summed E-state index contributed by atoms with van der Waals surface area (Å²) in [7, 11) is 1.60. The fraction of sp³-hybridized carbons (Fsp3) is 0.130. The number of amides is 1. The number of carbonyl (C=O) groups is 1. The lowest BCUT2D eigenvalue weighted by Gasteiger charge is -2.12. The number of ether oxygens (including phenoxy) is 1. The Bertz CT molecular complexity index is 1160. The predicted molar refractivity (Wildman–Crippen MR) is 112 cm³/mol. The second kappa shape index (κ2) is 8.16. The molecule has 0 saturated carbocycles. The van der Waals surface area contributed by atoms with E-state index < -0.39 is 29.5 Å². The molecule has 158 valence electrons. The van der Waals surface area contributed by atoms with Gasteiger partial charge in [0, 0.05) is 18.3 Å². The second-order valence-corrected chi connectivity index (χ2v) is 7.08. The van der Waals surface area contributed by atoms with E-state index in [0.29, 0.717) is 17.1 Å². The minimum Gasteiger partial charge on any atom is -0.426 e. The van der Waals surface area contributed by atoms with Crippen LogP contribution in [0.5, 0.6) is 0 Å². The van der Waals surface area contributed by atoms with Gasteiger partial charge < -0.3 is 15.2 Å². The van der Waals surface area contributed by atoms with Crippen LogP contribution in [0.15, 0.2) is 65.8 Å². The number of hydrogen-bond donors (Lipinski definition) is 2. The number of hydrogen-bond acceptors (Lipinski definition) is 5. The highest BCUT2D eigenvalue weighted by Crippen LogP contribution is 2.28. The van der Waals surface area contributed by atoms with Crippen LogP contribution < -0.4 is 5.32 Å². The molecule has 1 aliphatic rings. The normalized spacial score (nSPS) is 15.5. The molecular formula is C23H19F2N3O3. The van der Waals surface area contributed by atoms with Crippen LogP contribution in [-0.4, -0.2) is 35.4 Å². The van der Waals surface area contributed by atoms with Gasteiger partial charge in [-0.1, -0.05) is 24.3 Å². The van der Waals surface area contributed by atoms with Crippen LogP contribution >= 0.6 is 0 Å². The number of benzene rings is 3. The zero-order chi connectivity index (χ0) is 22.1. The number of rotatable bonds is 4. The highest BCUT2D eigenvalue weighted by molar-refractivity contribution is 6.04. The zero-order valence-electron chi connectivity index (χ0n) is 16.8. The molecule has 1 aliphatic heterocycles. The van der Waals surface area contributed by atoms with Crippen molar-refractivity contribution in [2.45, 2.75) is 13.3 Å². The van der Waals surface area contributed by atoms with Crippen molar-refractivity contribution in [2.24, 2.45) is 5.10 Å². The molecule has 0 saturated heterocycles. The van der Waals surface area contributed by atoms with Crippen LogP contribution in [0.2, 0.25) is 0 Å². The van der Waals surface area contributed by atoms with Gasteiger partial charge in [-0.15, -0.1) is 5.10 Å². The third-order valence-electron chi connectivity index (χ3n) is 4.91. The zero-order valence-corrected chi connectivity index (χ0v) is 16.8. The molecule has 3 aromatic carbocycles. The number of hydrazone groups is 1. The van der Waals surface area contributed by atoms with Crippen molar-refractivity contribution in [1.82, 2.24) is 5.01 Å². The largest absolute Gasteiger partial charge is 0.426 e. The highest BCUT2D eigenvalue weighted by atomic mass is 19.1. The summed E-state index contributed by atoms with van der Waals surface area (Å²) >= 11 is 0. The molecule has 3 aromatic rings. The van der Waals surface area contributed by atoms with Crippen LogP contribution in [-0.2, 0) is 4.74 Å². The molecule has 0 aliphatic carbocycles. The lowest BCUT2D eigenvalue weighted by Crippen LogP contribution is -2.23. The predicted octanol–water partition coefficient (Wildman–Crippen LogP) is 4.09. The molecule has 1 heterocycles. The average molecular weight is 423 g/mol. The first-order valence-corrected chi connectivity index (χ1v) is 9.46. The smallest absolute Gasteiger partial charge is 0.297 e. The summed E-state index contributed by atoms with van der Waals surface area (Å²) in [5.74, 6) is -2.39. The second-order valence-electron chi connectivity index (χ2n) is 7.08. The van der Waals surface area contributed by atoms with E-state index in [0.717, 1.165) is 28.8 Å². The summed E-state index contributed by atoms with van der Waals surface area (Å²) in [5, 5.41) is 17.7. The third kappa shape index (κ3) is 4.10. The Kier molecular flexibility index (Phi) is 5.39. The van der Waals surface area contributed by atoms with Crippen LogP contribution in [0.25, 0.3) is 11.1 Å². The molecule has 8 heteroatoms. The van der Waals surface area contributed by atoms with Crippen molar-refractivity contribution >= 4 is 17.5 Å². The standard InChI is InChI=1S/C23H19F2N3O3/c1-13-6-7-15(22-27-28(2)23(30)31-22)12-17(13)14-8-10-16(11-9-14)26-21(29)20-18(24)4-3-5-19(20)25/h3-12,23,30H,1-2H3,(H,26,29). The number of halogens is 2. The summed E-state index contributed by atoms with van der Waals surface area (Å²) in [6.45, 7) is 1.95. The molecule has 31 heavy (non-hydrogen) atoms. The molecule has 0 fully saturated rings. The summed E-state index contributed by atoms with van der Waals surface area (Å²) in [6, 6.07) is 15.8. The topological polar surface area (TPSA) is 74.2 Å². The Morgan fingerprint density at radius 3 is 2.32 bits per heavy atom. The minimum atomic E-state index is -1.12. The first kappa shape index (κ1) is 20.5. The molecule has 1 atom stereocenters. The lowest BCUT2D eigenvalue weighted by molar-refractivity contribution is -0.108. The van der Waals surface area contributed by atoms with Gasteiger partial charge in [-0.3, -0.25) is 4.79 Å². The first-order valence-electron chi connectivity index (χ1n) is 9.46. The van der Waals surface area contributed by atoms with E-state index >= 15 is 0 Å². The van der Waals surface area contributed by atoms with E-state index in [4.69, 9.17) is 4.74 Å². The third-order valence-corrected chi connectivity index (χ3v) is 4.91. The van der Waals surface area contributed by atoms with Gasteiger partial charge in [0.15, 0.2) is 0 Å². The fourth-order valence-electron chi connectivity index (χ4n) is 3.23. The van der Waals surface area contributed by atoms with Crippen LogP contribution in [0.4, 0.5) is 14.5 Å². The Labute approximate surface area is 177 Å². The summed E-state index contributed by atoms with van der Waals surface area (Å²) in [6.07, 6.45) is -1.12. The molecule has 6 nitrogen and oxygen atoms in total. The van der Waals surface area contributed by atoms with Crippen molar-refractivity contribution in [3.05, 3.63) is 89.0 Å². The van der Waals surface area contributed by atoms with Gasteiger partial charge in [0.1, 0.15) is 17.2 Å². The van der Waals surface area contributed by atoms with E-state index in [-0.39, 0.29) is 0 Å². The van der Waals surface area contributed by atoms with Gasteiger partial charge in [0.25, 0.3) is 12.3 Å². The van der Waals surface area contributed by atoms with E-state index in [1.807, 2.05) is 25.1 Å². The van der Waals surface area contributed by atoms with Gasteiger partial charge >= 0.3 is 0 Å². The van der Waals surface area contributed by atoms with Crippen molar-refractivity contribution in [3.8, 4) is 11.1 Å². The number of aliphatic hydroxyl groups is 1. The summed E-state index contributed by atoms with van der Waals surface area (Å²) < 4.78 is 33.0. The molecule has 4 rings (SSSR count). The summed E-state index contributed by atoms with van der Waals surface area (Å²) in [5.41, 5.74) is 3.25. The Morgan fingerprint density at radius 1 is 1.06 bits per heavy atom. The molecule has 0 spiro atoms. The summed E-state index contributed by atoms with van der Waals surface area (Å²) in [4.78, 5) is 12.3. The van der Waals surface area contributed by atoms with Gasteiger partial charge in [0.2, 0.25) is 5.90 Å². The maximum atomic E-state index is 13.8. The Balaban J connectivity index is 1.57. The van der Waals surface area contributed by atoms with Crippen molar-refractivity contribution in [1.29, 1.82) is 0 Å². The minimum absolute atomic E-state index is 0.312. The van der Waals surface area contributed by atoms with Crippen LogP contribution in [0, 0.1) is 18.6 Å². The van der Waals surface area contributed by atoms with Gasteiger partial charge in [-0.25, -0.2) is 13.8 Å². The van der Waals surface area contributed by atoms with Crippen molar-refractivity contribution in [3.63, 3.8) is 0 Å². The van der Waals surface area contributed by atoms with Gasteiger partial charge in [-0.2, -0.15) is 0 Å². The molecule has 0 radical (unpaired) electrons. The molecule has 2 N–H and O–H groups in total. The van der Waals surface area contributed by atoms with Crippen LogP contribution in [0.1, 0.15) is 21.5 Å². The SMILES string of the molecule is Cc1ccc(C2=NN(C)C(O)O2)cc1-c1ccc(NC(=O)c2c(F)cccc2F)cc1. The number of anilines is 1. The monoisotopic (exact) mass is 423 g/mol. The fourth-order valence-corrected chi connectivity index (χ4v) is 3.23. The maximum Gasteiger partial charge on any atom is 0.297 e. The number of nitrogens with one attached hydrogen (secondary N) is 1. The van der Waals surface area contributed by atoms with Crippen LogP contribution in [0.3, 0.4) is 0 Å². The number of nitrogens with zero attached hydrogens (tertiary/aromatic N) is 2. The number of aliphatic hydroxyl groups excluding tert-OH is 1. The molecule has 0 aromatic heterocycles. The quantitative estimate of drug-likeness (QED) is 0.663. The van der Waals surface area contributed by atoms with E-state index in [2.05, 4.69) is 10.4 Å². The Hall–Kier alpha value is -3.78. The molecule has 0 bridgehead atoms. The highest BCUT2D eigenvalue weighted by Gasteiger charge is 2.24. The van der Waals surface area contributed by atoms with Gasteiger partial charge in [0.05, 0.1) is 0 Å². The van der Waals surface area contributed by atoms with Crippen molar-refractivity contribution < 1.29 is 23.4 Å². The molecular weight excluding hydrogens is 404 g/mol. The van der Waals surface area contributed by atoms with Gasteiger partial charge in [-0.05, 0) is 60.0 Å². The first-order chi connectivity index (χ1) is 14.8. The van der Waals surface area contributed by atoms with Crippen molar-refractivity contribution in [2.75, 3.05) is 12.4 Å². The molecule has 1 amide bonds. The average Bonchev–Trinajstić information content (AvgIpc) is 3.07. The maximum absolute atomic E-state index is 13.8. The van der Waals surface area contributed by atoms with E-state index in [1.165, 1.54) is 11.1 Å². The lowest BCUT2D eigenvalue weighted by atomic mass is 9.98. The van der Waals surface area contributed by atoms with E-state index in [9.17, 15) is 18.7 Å². The Morgan fingerprint density at radius 2 is 1.71 bits per heavy atom.